The molecule has 0 atom stereocenters. The first-order valence-electron chi connectivity index (χ1n) is 9.10. The number of benzene rings is 1. The van der Waals surface area contributed by atoms with Crippen LogP contribution in [0, 0.1) is 5.92 Å². The number of carbonyl (C=O) groups excluding carboxylic acids is 2. The quantitative estimate of drug-likeness (QED) is 0.688. The maximum absolute atomic E-state index is 12.8. The molecule has 0 unspecified atom stereocenters. The van der Waals surface area contributed by atoms with Gasteiger partial charge >= 0.3 is 0 Å². The molecule has 2 aromatic heterocycles. The van der Waals surface area contributed by atoms with Gasteiger partial charge in [0.15, 0.2) is 0 Å². The number of carbonyl (C=O) groups is 2. The summed E-state index contributed by atoms with van der Waals surface area (Å²) in [5.74, 6) is -0.257. The molecule has 0 bridgehead atoms. The van der Waals surface area contributed by atoms with Gasteiger partial charge in [-0.3, -0.25) is 19.6 Å². The van der Waals surface area contributed by atoms with Crippen molar-refractivity contribution in [3.63, 3.8) is 0 Å². The fraction of sp³-hybridized carbons (Fsp3) is 0.182. The van der Waals surface area contributed by atoms with Gasteiger partial charge in [-0.1, -0.05) is 32.0 Å². The van der Waals surface area contributed by atoms with E-state index in [1.165, 1.54) is 0 Å². The predicted molar refractivity (Wildman–Crippen MR) is 109 cm³/mol. The molecule has 0 aliphatic rings. The second-order valence-electron chi connectivity index (χ2n) is 6.75. The number of nitrogens with one attached hydrogen (secondary N) is 2. The molecule has 3 aromatic rings. The summed E-state index contributed by atoms with van der Waals surface area (Å²) < 4.78 is 0. The number of anilines is 1. The van der Waals surface area contributed by atoms with Gasteiger partial charge in [0.1, 0.15) is 0 Å². The molecule has 0 spiro atoms. The largest absolute Gasteiger partial charge is 0.352 e. The minimum Gasteiger partial charge on any atom is -0.352 e. The van der Waals surface area contributed by atoms with Crippen LogP contribution in [-0.4, -0.2) is 28.3 Å². The standard InChI is InChI=1S/C22H22N4O2/c1-15(2)13-25-22(28)18-10-12-24-19(17-9-6-11-23-14-17)20(18)26-21(27)16-7-4-3-5-8-16/h3-12,14-15H,13H2,1-2H3,(H,25,28)(H,26,27). The SMILES string of the molecule is CC(C)CNC(=O)c1ccnc(-c2cccnc2)c1NC(=O)c1ccccc1. The first-order chi connectivity index (χ1) is 13.6. The van der Waals surface area contributed by atoms with Crippen LogP contribution in [0.1, 0.15) is 34.6 Å². The van der Waals surface area contributed by atoms with Crippen molar-refractivity contribution in [1.82, 2.24) is 15.3 Å². The van der Waals surface area contributed by atoms with E-state index in [0.717, 1.165) is 0 Å². The van der Waals surface area contributed by atoms with E-state index in [1.54, 1.807) is 55.0 Å². The summed E-state index contributed by atoms with van der Waals surface area (Å²) in [6.45, 7) is 4.58. The van der Waals surface area contributed by atoms with Crippen molar-refractivity contribution in [3.8, 4) is 11.3 Å². The van der Waals surface area contributed by atoms with Crippen LogP contribution in [-0.2, 0) is 0 Å². The lowest BCUT2D eigenvalue weighted by molar-refractivity contribution is 0.0950. The van der Waals surface area contributed by atoms with E-state index in [2.05, 4.69) is 20.6 Å². The molecule has 1 aromatic carbocycles. The normalized spacial score (nSPS) is 10.5. The van der Waals surface area contributed by atoms with Crippen LogP contribution in [0.5, 0.6) is 0 Å². The Kier molecular flexibility index (Phi) is 6.11. The highest BCUT2D eigenvalue weighted by molar-refractivity contribution is 6.11. The Balaban J connectivity index is 2.02. The maximum Gasteiger partial charge on any atom is 0.255 e. The number of rotatable bonds is 6. The Hall–Kier alpha value is -3.54. The van der Waals surface area contributed by atoms with Crippen molar-refractivity contribution < 1.29 is 9.59 Å². The lowest BCUT2D eigenvalue weighted by Crippen LogP contribution is -2.29. The zero-order valence-corrected chi connectivity index (χ0v) is 15.8. The van der Waals surface area contributed by atoms with Gasteiger partial charge in [-0.05, 0) is 36.2 Å². The van der Waals surface area contributed by atoms with Crippen LogP contribution < -0.4 is 10.6 Å². The third kappa shape index (κ3) is 4.59. The summed E-state index contributed by atoms with van der Waals surface area (Å²) in [7, 11) is 0. The Bertz CT molecular complexity index is 957. The molecule has 142 valence electrons. The number of aromatic nitrogens is 2. The van der Waals surface area contributed by atoms with Crippen molar-refractivity contribution in [3.05, 3.63) is 78.2 Å². The highest BCUT2D eigenvalue weighted by Gasteiger charge is 2.20. The van der Waals surface area contributed by atoms with Crippen LogP contribution in [0.4, 0.5) is 5.69 Å². The van der Waals surface area contributed by atoms with Crippen molar-refractivity contribution in [2.75, 3.05) is 11.9 Å². The minimum atomic E-state index is -0.309. The van der Waals surface area contributed by atoms with E-state index >= 15 is 0 Å². The molecule has 0 radical (unpaired) electrons. The van der Waals surface area contributed by atoms with Gasteiger partial charge in [0.2, 0.25) is 0 Å². The molecular formula is C22H22N4O2. The van der Waals surface area contributed by atoms with E-state index in [4.69, 9.17) is 0 Å². The molecule has 2 amide bonds. The van der Waals surface area contributed by atoms with Gasteiger partial charge in [0, 0.05) is 36.3 Å². The summed E-state index contributed by atoms with van der Waals surface area (Å²) in [6, 6.07) is 14.1. The highest BCUT2D eigenvalue weighted by Crippen LogP contribution is 2.29. The molecule has 0 aliphatic carbocycles. The van der Waals surface area contributed by atoms with E-state index in [-0.39, 0.29) is 11.8 Å². The molecule has 6 heteroatoms. The molecule has 0 saturated heterocycles. The number of amides is 2. The Morgan fingerprint density at radius 1 is 0.964 bits per heavy atom. The van der Waals surface area contributed by atoms with E-state index < -0.39 is 0 Å². The summed E-state index contributed by atoms with van der Waals surface area (Å²) in [5, 5.41) is 5.77. The number of hydrogen-bond donors (Lipinski definition) is 2. The van der Waals surface area contributed by atoms with Crippen molar-refractivity contribution in [2.45, 2.75) is 13.8 Å². The fourth-order valence-electron chi connectivity index (χ4n) is 2.67. The average molecular weight is 374 g/mol. The van der Waals surface area contributed by atoms with Crippen molar-refractivity contribution in [1.29, 1.82) is 0 Å². The summed E-state index contributed by atoms with van der Waals surface area (Å²) in [6.07, 6.45) is 4.87. The molecule has 0 saturated carbocycles. The molecule has 0 aliphatic heterocycles. The zero-order valence-electron chi connectivity index (χ0n) is 15.8. The van der Waals surface area contributed by atoms with Crippen LogP contribution in [0.3, 0.4) is 0 Å². The molecular weight excluding hydrogens is 352 g/mol. The zero-order chi connectivity index (χ0) is 19.9. The van der Waals surface area contributed by atoms with E-state index in [1.807, 2.05) is 26.0 Å². The van der Waals surface area contributed by atoms with Crippen molar-refractivity contribution >= 4 is 17.5 Å². The average Bonchev–Trinajstić information content (AvgIpc) is 2.73. The first-order valence-corrected chi connectivity index (χ1v) is 9.10. The van der Waals surface area contributed by atoms with Crippen LogP contribution in [0.25, 0.3) is 11.3 Å². The molecule has 2 heterocycles. The number of nitrogens with zero attached hydrogens (tertiary/aromatic N) is 2. The molecule has 3 rings (SSSR count). The van der Waals surface area contributed by atoms with Gasteiger partial charge < -0.3 is 10.6 Å². The lowest BCUT2D eigenvalue weighted by Gasteiger charge is -2.16. The van der Waals surface area contributed by atoms with Gasteiger partial charge in [0.05, 0.1) is 16.9 Å². The third-order valence-corrected chi connectivity index (χ3v) is 4.08. The maximum atomic E-state index is 12.8. The highest BCUT2D eigenvalue weighted by atomic mass is 16.2. The molecule has 2 N–H and O–H groups in total. The van der Waals surface area contributed by atoms with Gasteiger partial charge in [-0.15, -0.1) is 0 Å². The third-order valence-electron chi connectivity index (χ3n) is 4.08. The lowest BCUT2D eigenvalue weighted by atomic mass is 10.1. The Morgan fingerprint density at radius 2 is 1.75 bits per heavy atom. The molecule has 0 fully saturated rings. The Morgan fingerprint density at radius 3 is 2.43 bits per heavy atom. The minimum absolute atomic E-state index is 0.260. The number of hydrogen-bond acceptors (Lipinski definition) is 4. The Labute approximate surface area is 164 Å². The van der Waals surface area contributed by atoms with Crippen LogP contribution in [0.2, 0.25) is 0 Å². The summed E-state index contributed by atoms with van der Waals surface area (Å²) in [5.41, 5.74) is 2.43. The van der Waals surface area contributed by atoms with E-state index in [0.29, 0.717) is 40.5 Å². The van der Waals surface area contributed by atoms with Gasteiger partial charge in [0.25, 0.3) is 11.8 Å². The first kappa shape index (κ1) is 19.2. The number of pyridine rings is 2. The topological polar surface area (TPSA) is 84.0 Å². The second-order valence-corrected chi connectivity index (χ2v) is 6.75. The summed E-state index contributed by atoms with van der Waals surface area (Å²) >= 11 is 0. The summed E-state index contributed by atoms with van der Waals surface area (Å²) in [4.78, 5) is 34.0. The fourth-order valence-corrected chi connectivity index (χ4v) is 2.67. The van der Waals surface area contributed by atoms with Gasteiger partial charge in [-0.25, -0.2) is 0 Å². The predicted octanol–water partition coefficient (Wildman–Crippen LogP) is 3.78. The van der Waals surface area contributed by atoms with Crippen molar-refractivity contribution in [2.24, 2.45) is 5.92 Å². The van der Waals surface area contributed by atoms with E-state index in [9.17, 15) is 9.59 Å². The van der Waals surface area contributed by atoms with Crippen LogP contribution >= 0.6 is 0 Å². The smallest absolute Gasteiger partial charge is 0.255 e. The molecule has 28 heavy (non-hydrogen) atoms. The van der Waals surface area contributed by atoms with Gasteiger partial charge in [-0.2, -0.15) is 0 Å². The second kappa shape index (κ2) is 8.90. The van der Waals surface area contributed by atoms with Crippen LogP contribution in [0.15, 0.2) is 67.1 Å². The molecule has 6 nitrogen and oxygen atoms in total. The monoisotopic (exact) mass is 374 g/mol.